The van der Waals surface area contributed by atoms with Crippen LogP contribution in [0.1, 0.15) is 32.6 Å². The molecule has 1 aliphatic heterocycles. The Morgan fingerprint density at radius 1 is 1.28 bits per heavy atom. The molecule has 4 heteroatoms. The van der Waals surface area contributed by atoms with E-state index in [4.69, 9.17) is 10.5 Å². The summed E-state index contributed by atoms with van der Waals surface area (Å²) in [5, 5.41) is 2.23. The largest absolute Gasteiger partial charge is 0.491 e. The first-order chi connectivity index (χ1) is 8.81. The summed E-state index contributed by atoms with van der Waals surface area (Å²) in [6.07, 6.45) is 4.81. The molecule has 1 fully saturated rings. The van der Waals surface area contributed by atoms with Gasteiger partial charge in [0.2, 0.25) is 0 Å². The molecule has 1 heterocycles. The lowest BCUT2D eigenvalue weighted by Crippen LogP contribution is -2.35. The number of nitrogen functional groups attached to an aromatic ring is 1. The molecule has 0 radical (unpaired) electrons. The summed E-state index contributed by atoms with van der Waals surface area (Å²) in [6, 6.07) is 5.91. The molecule has 1 aliphatic rings. The van der Waals surface area contributed by atoms with Crippen molar-refractivity contribution in [1.29, 1.82) is 0 Å². The van der Waals surface area contributed by atoms with Crippen molar-refractivity contribution in [2.24, 2.45) is 0 Å². The Balaban J connectivity index is 2.02. The predicted molar refractivity (Wildman–Crippen MR) is 75.7 cm³/mol. The van der Waals surface area contributed by atoms with Gasteiger partial charge in [0.25, 0.3) is 0 Å². The third kappa shape index (κ3) is 3.29. The van der Waals surface area contributed by atoms with Gasteiger partial charge < -0.3 is 15.9 Å². The molecule has 4 nitrogen and oxygen atoms in total. The summed E-state index contributed by atoms with van der Waals surface area (Å²) in [5.41, 5.74) is 11.2. The third-order valence-electron chi connectivity index (χ3n) is 3.16. The van der Waals surface area contributed by atoms with Crippen LogP contribution in [0.2, 0.25) is 0 Å². The minimum Gasteiger partial charge on any atom is -0.491 e. The SMILES string of the molecule is CCCOc1cccc(NN2CCCCC2)c1N. The third-order valence-corrected chi connectivity index (χ3v) is 3.16. The van der Waals surface area contributed by atoms with Crippen LogP contribution in [0.15, 0.2) is 18.2 Å². The molecule has 1 saturated heterocycles. The van der Waals surface area contributed by atoms with Crippen molar-refractivity contribution in [3.05, 3.63) is 18.2 Å². The van der Waals surface area contributed by atoms with E-state index >= 15 is 0 Å². The topological polar surface area (TPSA) is 50.5 Å². The molecule has 1 aromatic rings. The highest BCUT2D eigenvalue weighted by Gasteiger charge is 2.12. The second-order valence-corrected chi connectivity index (χ2v) is 4.73. The van der Waals surface area contributed by atoms with Crippen LogP contribution >= 0.6 is 0 Å². The smallest absolute Gasteiger partial charge is 0.144 e. The van der Waals surface area contributed by atoms with Gasteiger partial charge in [-0.1, -0.05) is 19.4 Å². The monoisotopic (exact) mass is 249 g/mol. The Bertz CT molecular complexity index is 375. The molecule has 1 aromatic carbocycles. The number of hydrogen-bond acceptors (Lipinski definition) is 4. The van der Waals surface area contributed by atoms with Gasteiger partial charge in [0, 0.05) is 13.1 Å². The molecule has 100 valence electrons. The maximum atomic E-state index is 6.13. The van der Waals surface area contributed by atoms with Crippen LogP contribution in [0.25, 0.3) is 0 Å². The maximum absolute atomic E-state index is 6.13. The Morgan fingerprint density at radius 3 is 2.78 bits per heavy atom. The van der Waals surface area contributed by atoms with E-state index in [1.807, 2.05) is 18.2 Å². The number of ether oxygens (including phenoxy) is 1. The molecule has 0 aliphatic carbocycles. The van der Waals surface area contributed by atoms with Gasteiger partial charge in [-0.3, -0.25) is 0 Å². The fraction of sp³-hybridized carbons (Fsp3) is 0.571. The first kappa shape index (κ1) is 13.0. The first-order valence-electron chi connectivity index (χ1n) is 6.84. The molecule has 3 N–H and O–H groups in total. The standard InChI is InChI=1S/C14H23N3O/c1-2-11-18-13-8-6-7-12(14(13)15)16-17-9-4-3-5-10-17/h6-8,16H,2-5,9-11,15H2,1H3. The Labute approximate surface area is 109 Å². The molecular weight excluding hydrogens is 226 g/mol. The molecule has 0 unspecified atom stereocenters. The Morgan fingerprint density at radius 2 is 2.06 bits per heavy atom. The Hall–Kier alpha value is -1.42. The number of hydrazine groups is 1. The molecule has 2 rings (SSSR count). The van der Waals surface area contributed by atoms with Crippen LogP contribution in [0.4, 0.5) is 11.4 Å². The number of anilines is 2. The van der Waals surface area contributed by atoms with Gasteiger partial charge in [0.05, 0.1) is 18.0 Å². The lowest BCUT2D eigenvalue weighted by atomic mass is 10.2. The lowest BCUT2D eigenvalue weighted by molar-refractivity contribution is 0.273. The number of hydrogen-bond donors (Lipinski definition) is 2. The fourth-order valence-electron chi connectivity index (χ4n) is 2.16. The Kier molecular flexibility index (Phi) is 4.70. The minimum atomic E-state index is 0.705. The molecule has 0 amide bonds. The number of nitrogens with two attached hydrogens (primary N) is 1. The number of para-hydroxylation sites is 1. The summed E-state index contributed by atoms with van der Waals surface area (Å²) in [7, 11) is 0. The summed E-state index contributed by atoms with van der Waals surface area (Å²) in [6.45, 7) is 4.96. The van der Waals surface area contributed by atoms with Crippen LogP contribution in [-0.4, -0.2) is 24.7 Å². The van der Waals surface area contributed by atoms with Crippen LogP contribution in [-0.2, 0) is 0 Å². The van der Waals surface area contributed by atoms with E-state index in [2.05, 4.69) is 17.4 Å². The minimum absolute atomic E-state index is 0.705. The zero-order valence-corrected chi connectivity index (χ0v) is 11.1. The lowest BCUT2D eigenvalue weighted by Gasteiger charge is -2.28. The average molecular weight is 249 g/mol. The van der Waals surface area contributed by atoms with Crippen molar-refractivity contribution >= 4 is 11.4 Å². The molecule has 0 atom stereocenters. The van der Waals surface area contributed by atoms with Crippen molar-refractivity contribution < 1.29 is 4.74 Å². The van der Waals surface area contributed by atoms with E-state index in [1.165, 1.54) is 19.3 Å². The van der Waals surface area contributed by atoms with E-state index in [9.17, 15) is 0 Å². The number of benzene rings is 1. The predicted octanol–water partition coefficient (Wildman–Crippen LogP) is 2.87. The molecular formula is C14H23N3O. The van der Waals surface area contributed by atoms with E-state index in [0.29, 0.717) is 12.3 Å². The van der Waals surface area contributed by atoms with E-state index in [1.54, 1.807) is 0 Å². The molecule has 0 saturated carbocycles. The van der Waals surface area contributed by atoms with Crippen LogP contribution in [0.5, 0.6) is 5.75 Å². The zero-order valence-electron chi connectivity index (χ0n) is 11.1. The normalized spacial score (nSPS) is 16.5. The van der Waals surface area contributed by atoms with Gasteiger partial charge in [-0.05, 0) is 31.4 Å². The van der Waals surface area contributed by atoms with Crippen molar-refractivity contribution in [2.75, 3.05) is 30.9 Å². The average Bonchev–Trinajstić information content (AvgIpc) is 2.41. The van der Waals surface area contributed by atoms with Gasteiger partial charge in [-0.15, -0.1) is 0 Å². The van der Waals surface area contributed by atoms with Gasteiger partial charge in [-0.25, -0.2) is 5.01 Å². The summed E-state index contributed by atoms with van der Waals surface area (Å²) in [4.78, 5) is 0. The van der Waals surface area contributed by atoms with Crippen molar-refractivity contribution in [3.8, 4) is 5.75 Å². The molecule has 0 spiro atoms. The van der Waals surface area contributed by atoms with E-state index in [-0.39, 0.29) is 0 Å². The highest BCUT2D eigenvalue weighted by molar-refractivity contribution is 5.72. The van der Waals surface area contributed by atoms with Gasteiger partial charge in [0.15, 0.2) is 0 Å². The van der Waals surface area contributed by atoms with Crippen LogP contribution < -0.4 is 15.9 Å². The molecule has 0 aromatic heterocycles. The highest BCUT2D eigenvalue weighted by atomic mass is 16.5. The zero-order chi connectivity index (χ0) is 12.8. The van der Waals surface area contributed by atoms with Gasteiger partial charge in [0.1, 0.15) is 5.75 Å². The number of nitrogens with zero attached hydrogens (tertiary/aromatic N) is 1. The van der Waals surface area contributed by atoms with E-state index in [0.717, 1.165) is 30.9 Å². The summed E-state index contributed by atoms with van der Waals surface area (Å²) < 4.78 is 5.63. The summed E-state index contributed by atoms with van der Waals surface area (Å²) in [5.74, 6) is 0.777. The molecule has 18 heavy (non-hydrogen) atoms. The highest BCUT2D eigenvalue weighted by Crippen LogP contribution is 2.30. The second-order valence-electron chi connectivity index (χ2n) is 4.73. The van der Waals surface area contributed by atoms with Crippen LogP contribution in [0.3, 0.4) is 0 Å². The van der Waals surface area contributed by atoms with Gasteiger partial charge >= 0.3 is 0 Å². The fourth-order valence-corrected chi connectivity index (χ4v) is 2.16. The number of nitrogens with one attached hydrogen (secondary N) is 1. The maximum Gasteiger partial charge on any atom is 0.144 e. The van der Waals surface area contributed by atoms with E-state index < -0.39 is 0 Å². The van der Waals surface area contributed by atoms with Gasteiger partial charge in [-0.2, -0.15) is 0 Å². The number of rotatable bonds is 5. The molecule has 0 bridgehead atoms. The quantitative estimate of drug-likeness (QED) is 0.788. The summed E-state index contributed by atoms with van der Waals surface area (Å²) >= 11 is 0. The first-order valence-corrected chi connectivity index (χ1v) is 6.84. The van der Waals surface area contributed by atoms with Crippen molar-refractivity contribution in [3.63, 3.8) is 0 Å². The van der Waals surface area contributed by atoms with Crippen molar-refractivity contribution in [1.82, 2.24) is 5.01 Å². The van der Waals surface area contributed by atoms with Crippen molar-refractivity contribution in [2.45, 2.75) is 32.6 Å². The second kappa shape index (κ2) is 6.50. The van der Waals surface area contributed by atoms with Crippen LogP contribution in [0, 0.1) is 0 Å². The number of piperidine rings is 1.